The number of ether oxygens (including phenoxy) is 2. The largest absolute Gasteiger partial charge is 0.493 e. The van der Waals surface area contributed by atoms with E-state index in [0.717, 1.165) is 11.1 Å². The van der Waals surface area contributed by atoms with Crippen molar-refractivity contribution in [3.8, 4) is 11.5 Å². The molecule has 1 atom stereocenters. The van der Waals surface area contributed by atoms with Crippen LogP contribution in [0.4, 0.5) is 0 Å². The number of thiocarbonyl (C=S) groups is 1. The lowest BCUT2D eigenvalue weighted by molar-refractivity contribution is -0.123. The van der Waals surface area contributed by atoms with Gasteiger partial charge in [0.15, 0.2) is 18.1 Å². The zero-order valence-corrected chi connectivity index (χ0v) is 17.6. The van der Waals surface area contributed by atoms with E-state index in [9.17, 15) is 9.59 Å². The number of primary amides is 1. The second kappa shape index (κ2) is 9.11. The Kier molecular flexibility index (Phi) is 6.56. The van der Waals surface area contributed by atoms with Gasteiger partial charge < -0.3 is 15.2 Å². The summed E-state index contributed by atoms with van der Waals surface area (Å²) in [5, 5.41) is 0. The molecule has 3 rings (SSSR count). The molecule has 2 aromatic rings. The SMILES string of the molecule is COc1cc(/C=C2\SC(=S)N([C@@H](C)c3ccccc3)C2=O)ccc1OCC(N)=O. The van der Waals surface area contributed by atoms with Crippen molar-refractivity contribution in [3.05, 3.63) is 64.6 Å². The summed E-state index contributed by atoms with van der Waals surface area (Å²) in [4.78, 5) is 26.1. The molecule has 0 aliphatic carbocycles. The van der Waals surface area contributed by atoms with Crippen LogP contribution in [-0.4, -0.2) is 34.8 Å². The van der Waals surface area contributed by atoms with Crippen LogP contribution in [0.15, 0.2) is 53.4 Å². The second-order valence-corrected chi connectivity index (χ2v) is 7.98. The fourth-order valence-electron chi connectivity index (χ4n) is 2.89. The molecule has 1 aliphatic heterocycles. The first-order valence-electron chi connectivity index (χ1n) is 8.82. The number of nitrogens with zero attached hydrogens (tertiary/aromatic N) is 1. The van der Waals surface area contributed by atoms with E-state index in [1.807, 2.05) is 37.3 Å². The number of carbonyl (C=O) groups is 2. The Morgan fingerprint density at radius 2 is 1.97 bits per heavy atom. The Bertz CT molecular complexity index is 976. The summed E-state index contributed by atoms with van der Waals surface area (Å²) in [6.45, 7) is 1.71. The lowest BCUT2D eigenvalue weighted by Crippen LogP contribution is -2.30. The van der Waals surface area contributed by atoms with Crippen LogP contribution >= 0.6 is 24.0 Å². The Hall–Kier alpha value is -2.84. The number of thioether (sulfide) groups is 1. The van der Waals surface area contributed by atoms with Crippen molar-refractivity contribution in [2.24, 2.45) is 5.73 Å². The smallest absolute Gasteiger partial charge is 0.266 e. The van der Waals surface area contributed by atoms with Gasteiger partial charge in [-0.2, -0.15) is 0 Å². The van der Waals surface area contributed by atoms with Gasteiger partial charge in [0.1, 0.15) is 4.32 Å². The maximum absolute atomic E-state index is 13.0. The van der Waals surface area contributed by atoms with Crippen LogP contribution < -0.4 is 15.2 Å². The van der Waals surface area contributed by atoms with Gasteiger partial charge in [-0.1, -0.05) is 60.4 Å². The number of hydrogen-bond acceptors (Lipinski definition) is 6. The fourth-order valence-corrected chi connectivity index (χ4v) is 4.31. The van der Waals surface area contributed by atoms with Gasteiger partial charge in [0, 0.05) is 0 Å². The van der Waals surface area contributed by atoms with Gasteiger partial charge in [-0.05, 0) is 36.3 Å². The molecule has 2 aromatic carbocycles. The Morgan fingerprint density at radius 1 is 1.24 bits per heavy atom. The average Bonchev–Trinajstić information content (AvgIpc) is 2.99. The van der Waals surface area contributed by atoms with Crippen molar-refractivity contribution in [2.75, 3.05) is 13.7 Å². The molecule has 1 heterocycles. The summed E-state index contributed by atoms with van der Waals surface area (Å²) in [6.07, 6.45) is 1.76. The van der Waals surface area contributed by atoms with Gasteiger partial charge in [0.2, 0.25) is 0 Å². The fraction of sp³-hybridized carbons (Fsp3) is 0.190. The highest BCUT2D eigenvalue weighted by molar-refractivity contribution is 8.26. The molecule has 0 aromatic heterocycles. The molecule has 0 unspecified atom stereocenters. The van der Waals surface area contributed by atoms with Crippen LogP contribution in [-0.2, 0) is 9.59 Å². The molecule has 6 nitrogen and oxygen atoms in total. The summed E-state index contributed by atoms with van der Waals surface area (Å²) < 4.78 is 11.2. The highest BCUT2D eigenvalue weighted by Crippen LogP contribution is 2.38. The number of nitrogens with two attached hydrogens (primary N) is 1. The van der Waals surface area contributed by atoms with Crippen molar-refractivity contribution in [1.29, 1.82) is 0 Å². The Morgan fingerprint density at radius 3 is 2.62 bits per heavy atom. The van der Waals surface area contributed by atoms with Crippen LogP contribution in [0.25, 0.3) is 6.08 Å². The first kappa shape index (κ1) is 20.9. The van der Waals surface area contributed by atoms with Crippen molar-refractivity contribution < 1.29 is 19.1 Å². The molecule has 2 amide bonds. The van der Waals surface area contributed by atoms with Crippen LogP contribution in [0.5, 0.6) is 11.5 Å². The van der Waals surface area contributed by atoms with Gasteiger partial charge in [-0.25, -0.2) is 0 Å². The molecule has 2 N–H and O–H groups in total. The minimum absolute atomic E-state index is 0.135. The number of methoxy groups -OCH3 is 1. The zero-order valence-electron chi connectivity index (χ0n) is 16.0. The third kappa shape index (κ3) is 4.78. The van der Waals surface area contributed by atoms with Crippen molar-refractivity contribution in [1.82, 2.24) is 4.90 Å². The lowest BCUT2D eigenvalue weighted by Gasteiger charge is -2.23. The number of amides is 2. The van der Waals surface area contributed by atoms with Crippen LogP contribution in [0.1, 0.15) is 24.1 Å². The van der Waals surface area contributed by atoms with E-state index >= 15 is 0 Å². The van der Waals surface area contributed by atoms with Gasteiger partial charge in [-0.15, -0.1) is 0 Å². The standard InChI is InChI=1S/C21H20N2O4S2/c1-13(15-6-4-3-5-7-15)23-20(25)18(29-21(23)28)11-14-8-9-16(17(10-14)26-2)27-12-19(22)24/h3-11,13H,12H2,1-2H3,(H2,22,24)/b18-11-/t13-/m0/s1. The van der Waals surface area contributed by atoms with E-state index in [-0.39, 0.29) is 18.6 Å². The van der Waals surface area contributed by atoms with E-state index in [2.05, 4.69) is 0 Å². The molecule has 8 heteroatoms. The Labute approximate surface area is 178 Å². The molecular weight excluding hydrogens is 408 g/mol. The van der Waals surface area contributed by atoms with E-state index < -0.39 is 5.91 Å². The molecule has 29 heavy (non-hydrogen) atoms. The van der Waals surface area contributed by atoms with Gasteiger partial charge in [-0.3, -0.25) is 14.5 Å². The van der Waals surface area contributed by atoms with E-state index in [0.29, 0.717) is 20.7 Å². The van der Waals surface area contributed by atoms with Crippen molar-refractivity contribution >= 4 is 46.2 Å². The summed E-state index contributed by atoms with van der Waals surface area (Å²) in [5.74, 6) is 0.124. The topological polar surface area (TPSA) is 81.9 Å². The first-order valence-corrected chi connectivity index (χ1v) is 10.0. The molecule has 0 spiro atoms. The molecule has 150 valence electrons. The molecule has 0 bridgehead atoms. The number of carbonyl (C=O) groups excluding carboxylic acids is 2. The van der Waals surface area contributed by atoms with Crippen molar-refractivity contribution in [3.63, 3.8) is 0 Å². The quantitative estimate of drug-likeness (QED) is 0.537. The number of rotatable bonds is 7. The monoisotopic (exact) mass is 428 g/mol. The molecule has 0 radical (unpaired) electrons. The summed E-state index contributed by atoms with van der Waals surface area (Å²) >= 11 is 6.72. The minimum Gasteiger partial charge on any atom is -0.493 e. The lowest BCUT2D eigenvalue weighted by atomic mass is 10.1. The van der Waals surface area contributed by atoms with Crippen LogP contribution in [0, 0.1) is 0 Å². The summed E-state index contributed by atoms with van der Waals surface area (Å²) in [5.41, 5.74) is 6.87. The highest BCUT2D eigenvalue weighted by atomic mass is 32.2. The van der Waals surface area contributed by atoms with Crippen LogP contribution in [0.3, 0.4) is 0 Å². The zero-order chi connectivity index (χ0) is 21.0. The molecule has 1 aliphatic rings. The maximum atomic E-state index is 13.0. The number of hydrogen-bond donors (Lipinski definition) is 1. The van der Waals surface area contributed by atoms with Gasteiger partial charge >= 0.3 is 0 Å². The predicted molar refractivity (Wildman–Crippen MR) is 118 cm³/mol. The van der Waals surface area contributed by atoms with Crippen LogP contribution in [0.2, 0.25) is 0 Å². The summed E-state index contributed by atoms with van der Waals surface area (Å²) in [7, 11) is 1.50. The maximum Gasteiger partial charge on any atom is 0.266 e. The highest BCUT2D eigenvalue weighted by Gasteiger charge is 2.35. The van der Waals surface area contributed by atoms with Gasteiger partial charge in [0.25, 0.3) is 11.8 Å². The van der Waals surface area contributed by atoms with E-state index in [1.54, 1.807) is 29.2 Å². The average molecular weight is 429 g/mol. The van der Waals surface area contributed by atoms with E-state index in [4.69, 9.17) is 27.4 Å². The molecule has 1 fully saturated rings. The number of benzene rings is 2. The first-order chi connectivity index (χ1) is 13.9. The van der Waals surface area contributed by atoms with Crippen molar-refractivity contribution in [2.45, 2.75) is 13.0 Å². The Balaban J connectivity index is 1.83. The van der Waals surface area contributed by atoms with E-state index in [1.165, 1.54) is 18.9 Å². The summed E-state index contributed by atoms with van der Waals surface area (Å²) in [6, 6.07) is 14.8. The third-order valence-corrected chi connectivity index (χ3v) is 5.68. The minimum atomic E-state index is -0.577. The third-order valence-electron chi connectivity index (χ3n) is 4.35. The molecule has 1 saturated heterocycles. The predicted octanol–water partition coefficient (Wildman–Crippen LogP) is 3.52. The second-order valence-electron chi connectivity index (χ2n) is 6.30. The normalized spacial score (nSPS) is 16.2. The van der Waals surface area contributed by atoms with Gasteiger partial charge in [0.05, 0.1) is 18.1 Å². The molecule has 0 saturated carbocycles. The molecular formula is C21H20N2O4S2.